The van der Waals surface area contributed by atoms with Gasteiger partial charge >= 0.3 is 0 Å². The van der Waals surface area contributed by atoms with E-state index in [9.17, 15) is 0 Å². The van der Waals surface area contributed by atoms with Crippen LogP contribution in [0.15, 0.2) is 24.5 Å². The molecule has 0 aliphatic heterocycles. The summed E-state index contributed by atoms with van der Waals surface area (Å²) in [6, 6.07) is 3.91. The van der Waals surface area contributed by atoms with E-state index >= 15 is 0 Å². The maximum atomic E-state index is 5.18. The highest BCUT2D eigenvalue weighted by Crippen LogP contribution is 2.21. The van der Waals surface area contributed by atoms with E-state index < -0.39 is 0 Å². The Morgan fingerprint density at radius 2 is 2.00 bits per heavy atom. The molecule has 0 aromatic carbocycles. The summed E-state index contributed by atoms with van der Waals surface area (Å²) in [5.41, 5.74) is 2.36. The Morgan fingerprint density at radius 3 is 2.62 bits per heavy atom. The van der Waals surface area contributed by atoms with Crippen molar-refractivity contribution in [1.82, 2.24) is 9.38 Å². The fourth-order valence-electron chi connectivity index (χ4n) is 1.77. The summed E-state index contributed by atoms with van der Waals surface area (Å²) in [6.45, 7) is 6.66. The summed E-state index contributed by atoms with van der Waals surface area (Å²) in [7, 11) is 1.67. The van der Waals surface area contributed by atoms with Gasteiger partial charge in [-0.3, -0.25) is 0 Å². The minimum atomic E-state index is 0.266. The average molecular weight is 218 g/mol. The minimum Gasteiger partial charge on any atom is -0.495 e. The van der Waals surface area contributed by atoms with Crippen LogP contribution in [0.3, 0.4) is 0 Å². The van der Waals surface area contributed by atoms with Crippen molar-refractivity contribution in [3.8, 4) is 5.75 Å². The van der Waals surface area contributed by atoms with Gasteiger partial charge in [0, 0.05) is 6.20 Å². The molecule has 2 aromatic rings. The van der Waals surface area contributed by atoms with Gasteiger partial charge in [0.2, 0.25) is 0 Å². The Kier molecular flexibility index (Phi) is 2.62. The third-order valence-electron chi connectivity index (χ3n) is 2.42. The van der Waals surface area contributed by atoms with Crippen LogP contribution in [0.25, 0.3) is 5.65 Å². The molecule has 0 saturated heterocycles. The summed E-state index contributed by atoms with van der Waals surface area (Å²) in [6.07, 6.45) is 5.01. The van der Waals surface area contributed by atoms with Crippen molar-refractivity contribution >= 4 is 5.65 Å². The Balaban J connectivity index is 2.36. The zero-order chi connectivity index (χ0) is 11.8. The van der Waals surface area contributed by atoms with Crippen LogP contribution in [0.1, 0.15) is 26.5 Å². The molecule has 0 saturated carbocycles. The number of rotatable bonds is 2. The Labute approximate surface area is 96.1 Å². The van der Waals surface area contributed by atoms with Gasteiger partial charge in [-0.1, -0.05) is 20.8 Å². The Hall–Kier alpha value is -1.51. The molecule has 0 spiro atoms. The lowest BCUT2D eigenvalue weighted by Gasteiger charge is -2.15. The SMILES string of the molecule is COc1ccc2nc(CC(C)(C)C)cn2c1. The highest BCUT2D eigenvalue weighted by Gasteiger charge is 2.13. The summed E-state index contributed by atoms with van der Waals surface area (Å²) in [4.78, 5) is 4.58. The summed E-state index contributed by atoms with van der Waals surface area (Å²) in [5, 5.41) is 0. The van der Waals surface area contributed by atoms with Crippen LogP contribution in [0.2, 0.25) is 0 Å². The number of methoxy groups -OCH3 is 1. The first kappa shape index (κ1) is 11.0. The predicted molar refractivity (Wildman–Crippen MR) is 64.9 cm³/mol. The molecule has 0 amide bonds. The van der Waals surface area contributed by atoms with E-state index in [0.29, 0.717) is 0 Å². The zero-order valence-electron chi connectivity index (χ0n) is 10.3. The Bertz CT molecular complexity index is 494. The maximum absolute atomic E-state index is 5.18. The minimum absolute atomic E-state index is 0.266. The summed E-state index contributed by atoms with van der Waals surface area (Å²) >= 11 is 0. The van der Waals surface area contributed by atoms with Gasteiger partial charge in [0.25, 0.3) is 0 Å². The molecule has 0 aliphatic rings. The second kappa shape index (κ2) is 3.81. The van der Waals surface area contributed by atoms with Crippen LogP contribution in [0.4, 0.5) is 0 Å². The molecule has 0 fully saturated rings. The van der Waals surface area contributed by atoms with E-state index in [-0.39, 0.29) is 5.41 Å². The fourth-order valence-corrected chi connectivity index (χ4v) is 1.77. The van der Waals surface area contributed by atoms with Crippen molar-refractivity contribution in [2.24, 2.45) is 5.41 Å². The molecule has 0 bridgehead atoms. The zero-order valence-corrected chi connectivity index (χ0v) is 10.3. The number of ether oxygens (including phenoxy) is 1. The van der Waals surface area contributed by atoms with Gasteiger partial charge < -0.3 is 9.14 Å². The molecule has 2 heterocycles. The molecule has 0 unspecified atom stereocenters. The van der Waals surface area contributed by atoms with E-state index in [0.717, 1.165) is 23.5 Å². The van der Waals surface area contributed by atoms with E-state index in [1.165, 1.54) is 0 Å². The molecular weight excluding hydrogens is 200 g/mol. The van der Waals surface area contributed by atoms with Gasteiger partial charge in [-0.25, -0.2) is 4.98 Å². The molecule has 86 valence electrons. The number of aromatic nitrogens is 2. The lowest BCUT2D eigenvalue weighted by molar-refractivity contribution is 0.407. The number of pyridine rings is 1. The van der Waals surface area contributed by atoms with Crippen molar-refractivity contribution < 1.29 is 4.74 Å². The quantitative estimate of drug-likeness (QED) is 0.774. The molecule has 16 heavy (non-hydrogen) atoms. The number of imidazole rings is 1. The smallest absolute Gasteiger partial charge is 0.137 e. The maximum Gasteiger partial charge on any atom is 0.137 e. The second-order valence-electron chi connectivity index (χ2n) is 5.30. The lowest BCUT2D eigenvalue weighted by Crippen LogP contribution is -2.09. The first-order chi connectivity index (χ1) is 7.48. The molecule has 0 N–H and O–H groups in total. The van der Waals surface area contributed by atoms with Crippen LogP contribution in [0, 0.1) is 5.41 Å². The van der Waals surface area contributed by atoms with E-state index in [1.807, 2.05) is 22.7 Å². The fraction of sp³-hybridized carbons (Fsp3) is 0.462. The van der Waals surface area contributed by atoms with Crippen molar-refractivity contribution in [2.75, 3.05) is 7.11 Å². The molecule has 3 heteroatoms. The first-order valence-corrected chi connectivity index (χ1v) is 5.49. The molecule has 0 aliphatic carbocycles. The number of hydrogen-bond donors (Lipinski definition) is 0. The predicted octanol–water partition coefficient (Wildman–Crippen LogP) is 2.93. The van der Waals surface area contributed by atoms with Gasteiger partial charge in [0.15, 0.2) is 0 Å². The van der Waals surface area contributed by atoms with Crippen LogP contribution < -0.4 is 4.74 Å². The van der Waals surface area contributed by atoms with Crippen LogP contribution in [0.5, 0.6) is 5.75 Å². The van der Waals surface area contributed by atoms with Crippen molar-refractivity contribution in [1.29, 1.82) is 0 Å². The largest absolute Gasteiger partial charge is 0.495 e. The molecule has 0 atom stereocenters. The molecule has 2 rings (SSSR count). The summed E-state index contributed by atoms with van der Waals surface area (Å²) in [5.74, 6) is 0.854. The molecule has 3 nitrogen and oxygen atoms in total. The van der Waals surface area contributed by atoms with Gasteiger partial charge in [0.05, 0.1) is 19.0 Å². The van der Waals surface area contributed by atoms with Crippen molar-refractivity contribution in [2.45, 2.75) is 27.2 Å². The second-order valence-corrected chi connectivity index (χ2v) is 5.30. The van der Waals surface area contributed by atoms with E-state index in [4.69, 9.17) is 4.74 Å². The third-order valence-corrected chi connectivity index (χ3v) is 2.42. The van der Waals surface area contributed by atoms with Crippen molar-refractivity contribution in [3.63, 3.8) is 0 Å². The monoisotopic (exact) mass is 218 g/mol. The number of fused-ring (bicyclic) bond motifs is 1. The number of nitrogens with zero attached hydrogens (tertiary/aromatic N) is 2. The number of hydrogen-bond acceptors (Lipinski definition) is 2. The Morgan fingerprint density at radius 1 is 1.25 bits per heavy atom. The molecular formula is C13H18N2O. The van der Waals surface area contributed by atoms with Gasteiger partial charge in [-0.05, 0) is 24.0 Å². The normalized spacial score (nSPS) is 12.0. The molecule has 0 radical (unpaired) electrons. The first-order valence-electron chi connectivity index (χ1n) is 5.49. The topological polar surface area (TPSA) is 26.5 Å². The third kappa shape index (κ3) is 2.35. The van der Waals surface area contributed by atoms with Gasteiger partial charge in [-0.2, -0.15) is 0 Å². The van der Waals surface area contributed by atoms with E-state index in [1.54, 1.807) is 7.11 Å². The van der Waals surface area contributed by atoms with Crippen molar-refractivity contribution in [3.05, 3.63) is 30.2 Å². The average Bonchev–Trinajstić information content (AvgIpc) is 2.55. The molecule has 2 aromatic heterocycles. The van der Waals surface area contributed by atoms with Crippen LogP contribution in [-0.4, -0.2) is 16.5 Å². The highest BCUT2D eigenvalue weighted by atomic mass is 16.5. The summed E-state index contributed by atoms with van der Waals surface area (Å²) < 4.78 is 7.20. The van der Waals surface area contributed by atoms with E-state index in [2.05, 4.69) is 32.0 Å². The van der Waals surface area contributed by atoms with Crippen LogP contribution >= 0.6 is 0 Å². The van der Waals surface area contributed by atoms with Gasteiger partial charge in [0.1, 0.15) is 11.4 Å². The van der Waals surface area contributed by atoms with Crippen LogP contribution in [-0.2, 0) is 6.42 Å². The lowest BCUT2D eigenvalue weighted by atomic mass is 9.91. The highest BCUT2D eigenvalue weighted by molar-refractivity contribution is 5.43. The standard InChI is InChI=1S/C13H18N2O/c1-13(2,3)7-10-8-15-9-11(16-4)5-6-12(15)14-10/h5-6,8-9H,7H2,1-4H3. The van der Waals surface area contributed by atoms with Gasteiger partial charge in [-0.15, -0.1) is 0 Å².